The molecule has 14 heavy (non-hydrogen) atoms. The van der Waals surface area contributed by atoms with Crippen molar-refractivity contribution in [3.63, 3.8) is 0 Å². The SMILES string of the molecule is Cl.c1n[nH]cc1OCC1CCNCC1. The number of rotatable bonds is 3. The van der Waals surface area contributed by atoms with E-state index in [9.17, 15) is 0 Å². The monoisotopic (exact) mass is 217 g/mol. The molecule has 5 heteroatoms. The van der Waals surface area contributed by atoms with E-state index in [1.54, 1.807) is 12.4 Å². The van der Waals surface area contributed by atoms with Crippen LogP contribution < -0.4 is 10.1 Å². The summed E-state index contributed by atoms with van der Waals surface area (Å²) in [6.45, 7) is 3.07. The van der Waals surface area contributed by atoms with Crippen LogP contribution in [0.4, 0.5) is 0 Å². The number of hydrogen-bond donors (Lipinski definition) is 2. The van der Waals surface area contributed by atoms with Crippen molar-refractivity contribution in [1.82, 2.24) is 15.5 Å². The topological polar surface area (TPSA) is 49.9 Å². The van der Waals surface area contributed by atoms with Gasteiger partial charge in [-0.15, -0.1) is 12.4 Å². The van der Waals surface area contributed by atoms with Gasteiger partial charge in [0.05, 0.1) is 19.0 Å². The van der Waals surface area contributed by atoms with Crippen LogP contribution in [0.1, 0.15) is 12.8 Å². The molecule has 0 spiro atoms. The summed E-state index contributed by atoms with van der Waals surface area (Å²) in [7, 11) is 0. The number of piperidine rings is 1. The zero-order chi connectivity index (χ0) is 8.93. The summed E-state index contributed by atoms with van der Waals surface area (Å²) in [5, 5.41) is 9.89. The highest BCUT2D eigenvalue weighted by Crippen LogP contribution is 2.14. The van der Waals surface area contributed by atoms with Gasteiger partial charge in [-0.1, -0.05) is 0 Å². The lowest BCUT2D eigenvalue weighted by atomic mass is 9.99. The Morgan fingerprint density at radius 1 is 1.43 bits per heavy atom. The van der Waals surface area contributed by atoms with Crippen LogP contribution in [0, 0.1) is 5.92 Å². The van der Waals surface area contributed by atoms with E-state index in [0.717, 1.165) is 25.4 Å². The highest BCUT2D eigenvalue weighted by atomic mass is 35.5. The first-order valence-corrected chi connectivity index (χ1v) is 4.77. The fraction of sp³-hybridized carbons (Fsp3) is 0.667. The fourth-order valence-corrected chi connectivity index (χ4v) is 1.58. The van der Waals surface area contributed by atoms with Gasteiger partial charge in [-0.3, -0.25) is 5.10 Å². The minimum Gasteiger partial charge on any atom is -0.490 e. The van der Waals surface area contributed by atoms with Crippen molar-refractivity contribution in [1.29, 1.82) is 0 Å². The number of nitrogens with zero attached hydrogens (tertiary/aromatic N) is 1. The zero-order valence-corrected chi connectivity index (χ0v) is 8.85. The summed E-state index contributed by atoms with van der Waals surface area (Å²) < 4.78 is 5.56. The second-order valence-electron chi connectivity index (χ2n) is 3.44. The number of aromatic nitrogens is 2. The second kappa shape index (κ2) is 5.88. The summed E-state index contributed by atoms with van der Waals surface area (Å²) in [6.07, 6.45) is 5.93. The molecule has 0 atom stereocenters. The number of ether oxygens (including phenoxy) is 1. The third kappa shape index (κ3) is 3.20. The molecule has 1 fully saturated rings. The Morgan fingerprint density at radius 3 is 2.86 bits per heavy atom. The van der Waals surface area contributed by atoms with Crippen LogP contribution in [0.5, 0.6) is 5.75 Å². The van der Waals surface area contributed by atoms with Crippen LogP contribution in [0.2, 0.25) is 0 Å². The van der Waals surface area contributed by atoms with E-state index in [2.05, 4.69) is 15.5 Å². The molecular formula is C9H16ClN3O. The van der Waals surface area contributed by atoms with Crippen molar-refractivity contribution < 1.29 is 4.74 Å². The first-order valence-electron chi connectivity index (χ1n) is 4.77. The summed E-state index contributed by atoms with van der Waals surface area (Å²) >= 11 is 0. The van der Waals surface area contributed by atoms with Gasteiger partial charge >= 0.3 is 0 Å². The van der Waals surface area contributed by atoms with Gasteiger partial charge in [0.1, 0.15) is 0 Å². The lowest BCUT2D eigenvalue weighted by Crippen LogP contribution is -2.30. The Kier molecular flexibility index (Phi) is 4.76. The smallest absolute Gasteiger partial charge is 0.156 e. The van der Waals surface area contributed by atoms with Gasteiger partial charge in [-0.25, -0.2) is 0 Å². The molecule has 1 aromatic rings. The Hall–Kier alpha value is -0.740. The molecule has 0 radical (unpaired) electrons. The number of aromatic amines is 1. The summed E-state index contributed by atoms with van der Waals surface area (Å²) in [5.41, 5.74) is 0. The molecule has 80 valence electrons. The van der Waals surface area contributed by atoms with Crippen molar-refractivity contribution in [3.05, 3.63) is 12.4 Å². The van der Waals surface area contributed by atoms with E-state index in [1.807, 2.05) is 0 Å². The quantitative estimate of drug-likeness (QED) is 0.800. The fourth-order valence-electron chi connectivity index (χ4n) is 1.58. The molecule has 0 bridgehead atoms. The highest BCUT2D eigenvalue weighted by Gasteiger charge is 2.13. The molecule has 1 saturated heterocycles. The predicted octanol–water partition coefficient (Wildman–Crippen LogP) is 1.21. The van der Waals surface area contributed by atoms with Crippen molar-refractivity contribution in [3.8, 4) is 5.75 Å². The van der Waals surface area contributed by atoms with Crippen molar-refractivity contribution in [2.75, 3.05) is 19.7 Å². The summed E-state index contributed by atoms with van der Waals surface area (Å²) in [4.78, 5) is 0. The highest BCUT2D eigenvalue weighted by molar-refractivity contribution is 5.85. The van der Waals surface area contributed by atoms with Crippen molar-refractivity contribution >= 4 is 12.4 Å². The molecule has 0 unspecified atom stereocenters. The normalized spacial score (nSPS) is 17.4. The molecule has 1 aliphatic rings. The first-order chi connectivity index (χ1) is 6.45. The lowest BCUT2D eigenvalue weighted by molar-refractivity contribution is 0.215. The Balaban J connectivity index is 0.000000980. The third-order valence-corrected chi connectivity index (χ3v) is 2.42. The van der Waals surface area contributed by atoms with Gasteiger partial charge < -0.3 is 10.1 Å². The summed E-state index contributed by atoms with van der Waals surface area (Å²) in [5.74, 6) is 1.55. The van der Waals surface area contributed by atoms with E-state index in [4.69, 9.17) is 4.74 Å². The van der Waals surface area contributed by atoms with E-state index in [1.165, 1.54) is 12.8 Å². The number of halogens is 1. The minimum absolute atomic E-state index is 0. The summed E-state index contributed by atoms with van der Waals surface area (Å²) in [6, 6.07) is 0. The van der Waals surface area contributed by atoms with E-state index in [-0.39, 0.29) is 12.4 Å². The molecule has 0 aliphatic carbocycles. The van der Waals surface area contributed by atoms with Crippen LogP contribution in [0.25, 0.3) is 0 Å². The number of H-pyrrole nitrogens is 1. The van der Waals surface area contributed by atoms with Crippen molar-refractivity contribution in [2.45, 2.75) is 12.8 Å². The van der Waals surface area contributed by atoms with Gasteiger partial charge in [-0.2, -0.15) is 5.10 Å². The average Bonchev–Trinajstić information content (AvgIpc) is 2.69. The Bertz CT molecular complexity index is 234. The van der Waals surface area contributed by atoms with Crippen LogP contribution in [0.3, 0.4) is 0 Å². The van der Waals surface area contributed by atoms with Crippen LogP contribution in [-0.2, 0) is 0 Å². The maximum Gasteiger partial charge on any atom is 0.156 e. The molecule has 1 aromatic heterocycles. The number of hydrogen-bond acceptors (Lipinski definition) is 3. The molecule has 0 amide bonds. The van der Waals surface area contributed by atoms with Gasteiger partial charge in [0.25, 0.3) is 0 Å². The van der Waals surface area contributed by atoms with Gasteiger partial charge in [-0.05, 0) is 31.8 Å². The average molecular weight is 218 g/mol. The maximum atomic E-state index is 5.56. The van der Waals surface area contributed by atoms with Crippen LogP contribution >= 0.6 is 12.4 Å². The molecule has 1 aliphatic heterocycles. The Morgan fingerprint density at radius 2 is 2.21 bits per heavy atom. The molecule has 0 saturated carbocycles. The predicted molar refractivity (Wildman–Crippen MR) is 56.9 cm³/mol. The zero-order valence-electron chi connectivity index (χ0n) is 8.03. The van der Waals surface area contributed by atoms with Crippen molar-refractivity contribution in [2.24, 2.45) is 5.92 Å². The lowest BCUT2D eigenvalue weighted by Gasteiger charge is -2.22. The van der Waals surface area contributed by atoms with Crippen LogP contribution in [0.15, 0.2) is 12.4 Å². The Labute approximate surface area is 89.8 Å². The van der Waals surface area contributed by atoms with Gasteiger partial charge in [0.2, 0.25) is 0 Å². The number of nitrogens with one attached hydrogen (secondary N) is 2. The molecular weight excluding hydrogens is 202 g/mol. The standard InChI is InChI=1S/C9H15N3O.ClH/c1-3-10-4-2-8(1)7-13-9-5-11-12-6-9;/h5-6,8,10H,1-4,7H2,(H,11,12);1H. The molecule has 2 heterocycles. The van der Waals surface area contributed by atoms with Gasteiger partial charge in [0, 0.05) is 0 Å². The second-order valence-corrected chi connectivity index (χ2v) is 3.44. The van der Waals surface area contributed by atoms with E-state index < -0.39 is 0 Å². The minimum atomic E-state index is 0. The van der Waals surface area contributed by atoms with Gasteiger partial charge in [0.15, 0.2) is 5.75 Å². The largest absolute Gasteiger partial charge is 0.490 e. The first kappa shape index (κ1) is 11.3. The maximum absolute atomic E-state index is 5.56. The molecule has 4 nitrogen and oxygen atoms in total. The molecule has 0 aromatic carbocycles. The molecule has 2 rings (SSSR count). The van der Waals surface area contributed by atoms with Crippen LogP contribution in [-0.4, -0.2) is 29.9 Å². The molecule has 2 N–H and O–H groups in total. The van der Waals surface area contributed by atoms with E-state index in [0.29, 0.717) is 5.92 Å². The third-order valence-electron chi connectivity index (χ3n) is 2.42. The van der Waals surface area contributed by atoms with E-state index >= 15 is 0 Å².